The summed E-state index contributed by atoms with van der Waals surface area (Å²) in [6, 6.07) is 0. The van der Waals surface area contributed by atoms with Gasteiger partial charge in [0.15, 0.2) is 0 Å². The van der Waals surface area contributed by atoms with E-state index in [1.165, 1.54) is 29.8 Å². The van der Waals surface area contributed by atoms with Crippen LogP contribution in [0.5, 0.6) is 0 Å². The van der Waals surface area contributed by atoms with Gasteiger partial charge < -0.3 is 10.2 Å². The lowest BCUT2D eigenvalue weighted by Gasteiger charge is -2.18. The summed E-state index contributed by atoms with van der Waals surface area (Å²) in [5.41, 5.74) is 3.82. The zero-order chi connectivity index (χ0) is 11.7. The van der Waals surface area contributed by atoms with Crippen LogP contribution in [0.2, 0.25) is 0 Å². The van der Waals surface area contributed by atoms with Crippen LogP contribution in [0.3, 0.4) is 0 Å². The lowest BCUT2D eigenvalue weighted by atomic mass is 10.1. The van der Waals surface area contributed by atoms with Crippen LogP contribution in [0.4, 0.5) is 5.95 Å². The van der Waals surface area contributed by atoms with E-state index in [2.05, 4.69) is 17.1 Å². The number of nitrogens with zero attached hydrogens (tertiary/aromatic N) is 3. The zero-order valence-electron chi connectivity index (χ0n) is 10.5. The monoisotopic (exact) mass is 232 g/mol. The molecule has 4 nitrogen and oxygen atoms in total. The van der Waals surface area contributed by atoms with Crippen molar-refractivity contribution in [3.8, 4) is 0 Å². The van der Waals surface area contributed by atoms with Gasteiger partial charge in [-0.1, -0.05) is 0 Å². The molecule has 3 rings (SSSR count). The lowest BCUT2D eigenvalue weighted by molar-refractivity contribution is 0.708. The minimum absolute atomic E-state index is 0.959. The van der Waals surface area contributed by atoms with Crippen LogP contribution in [0, 0.1) is 6.92 Å². The van der Waals surface area contributed by atoms with E-state index in [1.807, 2.05) is 0 Å². The summed E-state index contributed by atoms with van der Waals surface area (Å²) in [6.45, 7) is 6.47. The van der Waals surface area contributed by atoms with Crippen LogP contribution < -0.4 is 10.2 Å². The average Bonchev–Trinajstić information content (AvgIpc) is 2.75. The van der Waals surface area contributed by atoms with Gasteiger partial charge in [-0.2, -0.15) is 0 Å². The first-order chi connectivity index (χ1) is 8.34. The number of nitrogens with one attached hydrogen (secondary N) is 1. The number of rotatable bonds is 1. The van der Waals surface area contributed by atoms with Gasteiger partial charge >= 0.3 is 0 Å². The Hall–Kier alpha value is -1.16. The fourth-order valence-corrected chi connectivity index (χ4v) is 2.78. The summed E-state index contributed by atoms with van der Waals surface area (Å²) in [5.74, 6) is 0.959. The number of aryl methyl sites for hydroxylation is 1. The fraction of sp³-hybridized carbons (Fsp3) is 0.692. The molecule has 1 saturated heterocycles. The summed E-state index contributed by atoms with van der Waals surface area (Å²) in [5, 5.41) is 3.43. The molecule has 3 heterocycles. The maximum Gasteiger partial charge on any atom is 0.225 e. The number of aromatic nitrogens is 2. The molecule has 0 radical (unpaired) electrons. The van der Waals surface area contributed by atoms with Crippen LogP contribution in [-0.2, 0) is 12.8 Å². The molecule has 0 aromatic carbocycles. The fourth-order valence-electron chi connectivity index (χ4n) is 2.78. The van der Waals surface area contributed by atoms with Crippen molar-refractivity contribution < 1.29 is 0 Å². The Morgan fingerprint density at radius 1 is 1.06 bits per heavy atom. The number of anilines is 1. The van der Waals surface area contributed by atoms with Crippen molar-refractivity contribution in [2.45, 2.75) is 32.6 Å². The van der Waals surface area contributed by atoms with Gasteiger partial charge in [0.1, 0.15) is 0 Å². The predicted octanol–water partition coefficient (Wildman–Crippen LogP) is 1.07. The highest BCUT2D eigenvalue weighted by Gasteiger charge is 2.19. The van der Waals surface area contributed by atoms with Crippen molar-refractivity contribution in [3.05, 3.63) is 17.0 Å². The first-order valence-electron chi connectivity index (χ1n) is 6.66. The molecule has 1 aromatic rings. The summed E-state index contributed by atoms with van der Waals surface area (Å²) < 4.78 is 0. The standard InChI is InChI=1S/C13H20N4/c1-10-11-4-6-14-7-5-12(11)16-13(15-10)17-8-2-3-9-17/h14H,2-9H2,1H3. The van der Waals surface area contributed by atoms with Gasteiger partial charge in [-0.3, -0.25) is 0 Å². The van der Waals surface area contributed by atoms with Crippen molar-refractivity contribution >= 4 is 5.95 Å². The average molecular weight is 232 g/mol. The molecule has 0 saturated carbocycles. The molecule has 2 aliphatic heterocycles. The minimum atomic E-state index is 0.959. The van der Waals surface area contributed by atoms with E-state index < -0.39 is 0 Å². The second-order valence-corrected chi connectivity index (χ2v) is 4.98. The highest BCUT2D eigenvalue weighted by molar-refractivity contribution is 5.38. The van der Waals surface area contributed by atoms with E-state index in [4.69, 9.17) is 9.97 Å². The molecule has 17 heavy (non-hydrogen) atoms. The molecule has 4 heteroatoms. The largest absolute Gasteiger partial charge is 0.341 e. The van der Waals surface area contributed by atoms with E-state index >= 15 is 0 Å². The second-order valence-electron chi connectivity index (χ2n) is 4.98. The molecule has 0 atom stereocenters. The van der Waals surface area contributed by atoms with Gasteiger partial charge in [0.2, 0.25) is 5.95 Å². The summed E-state index contributed by atoms with van der Waals surface area (Å²) in [7, 11) is 0. The molecule has 0 amide bonds. The highest BCUT2D eigenvalue weighted by Crippen LogP contribution is 2.21. The Labute approximate surface area is 102 Å². The third-order valence-corrected chi connectivity index (χ3v) is 3.77. The van der Waals surface area contributed by atoms with Gasteiger partial charge in [-0.05, 0) is 38.3 Å². The first-order valence-corrected chi connectivity index (χ1v) is 6.66. The van der Waals surface area contributed by atoms with Gasteiger partial charge in [0.25, 0.3) is 0 Å². The predicted molar refractivity (Wildman–Crippen MR) is 68.5 cm³/mol. The Morgan fingerprint density at radius 2 is 1.82 bits per heavy atom. The normalized spacial score (nSPS) is 20.2. The molecule has 0 aliphatic carbocycles. The molecular weight excluding hydrogens is 212 g/mol. The Bertz CT molecular complexity index is 410. The van der Waals surface area contributed by atoms with Gasteiger partial charge in [-0.25, -0.2) is 9.97 Å². The van der Waals surface area contributed by atoms with Crippen molar-refractivity contribution in [1.82, 2.24) is 15.3 Å². The summed E-state index contributed by atoms with van der Waals surface area (Å²) in [4.78, 5) is 11.8. The molecule has 1 N–H and O–H groups in total. The Balaban J connectivity index is 1.96. The van der Waals surface area contributed by atoms with Crippen LogP contribution in [0.1, 0.15) is 29.8 Å². The Morgan fingerprint density at radius 3 is 2.65 bits per heavy atom. The van der Waals surface area contributed by atoms with Crippen molar-refractivity contribution in [2.24, 2.45) is 0 Å². The van der Waals surface area contributed by atoms with E-state index in [1.54, 1.807) is 0 Å². The minimum Gasteiger partial charge on any atom is -0.341 e. The third kappa shape index (κ3) is 2.14. The first kappa shape index (κ1) is 11.0. The molecule has 1 fully saturated rings. The van der Waals surface area contributed by atoms with Gasteiger partial charge in [-0.15, -0.1) is 0 Å². The van der Waals surface area contributed by atoms with Gasteiger partial charge in [0.05, 0.1) is 5.69 Å². The van der Waals surface area contributed by atoms with E-state index in [9.17, 15) is 0 Å². The topological polar surface area (TPSA) is 41.1 Å². The van der Waals surface area contributed by atoms with Crippen LogP contribution in [0.25, 0.3) is 0 Å². The van der Waals surface area contributed by atoms with Crippen molar-refractivity contribution in [2.75, 3.05) is 31.1 Å². The number of hydrogen-bond donors (Lipinski definition) is 1. The molecule has 0 spiro atoms. The van der Waals surface area contributed by atoms with Crippen LogP contribution >= 0.6 is 0 Å². The lowest BCUT2D eigenvalue weighted by Crippen LogP contribution is -2.22. The van der Waals surface area contributed by atoms with Crippen LogP contribution in [0.15, 0.2) is 0 Å². The highest BCUT2D eigenvalue weighted by atomic mass is 15.3. The smallest absolute Gasteiger partial charge is 0.225 e. The molecule has 92 valence electrons. The van der Waals surface area contributed by atoms with Gasteiger partial charge in [0, 0.05) is 31.7 Å². The van der Waals surface area contributed by atoms with E-state index in [0.717, 1.165) is 45.0 Å². The number of hydrogen-bond acceptors (Lipinski definition) is 4. The van der Waals surface area contributed by atoms with E-state index in [0.29, 0.717) is 0 Å². The summed E-state index contributed by atoms with van der Waals surface area (Å²) in [6.07, 6.45) is 4.67. The maximum atomic E-state index is 4.79. The molecule has 1 aromatic heterocycles. The zero-order valence-corrected chi connectivity index (χ0v) is 10.5. The van der Waals surface area contributed by atoms with Crippen molar-refractivity contribution in [3.63, 3.8) is 0 Å². The molecule has 0 unspecified atom stereocenters. The summed E-state index contributed by atoms with van der Waals surface area (Å²) >= 11 is 0. The molecular formula is C13H20N4. The third-order valence-electron chi connectivity index (χ3n) is 3.77. The van der Waals surface area contributed by atoms with E-state index in [-0.39, 0.29) is 0 Å². The molecule has 0 bridgehead atoms. The number of fused-ring (bicyclic) bond motifs is 1. The second kappa shape index (κ2) is 4.61. The maximum absolute atomic E-state index is 4.79. The Kier molecular flexibility index (Phi) is 2.97. The quantitative estimate of drug-likeness (QED) is 0.786. The molecule has 2 aliphatic rings. The SMILES string of the molecule is Cc1nc(N2CCCC2)nc2c1CCNCC2. The van der Waals surface area contributed by atoms with Crippen LogP contribution in [-0.4, -0.2) is 36.1 Å². The van der Waals surface area contributed by atoms with Crippen molar-refractivity contribution in [1.29, 1.82) is 0 Å².